The van der Waals surface area contributed by atoms with Gasteiger partial charge >= 0.3 is 6.09 Å². The Balaban J connectivity index is 1.86. The molecule has 0 saturated heterocycles. The number of rotatable bonds is 4. The maximum Gasteiger partial charge on any atom is 0.434 e. The molecule has 1 aliphatic carbocycles. The van der Waals surface area contributed by atoms with Crippen molar-refractivity contribution in [3.63, 3.8) is 0 Å². The van der Waals surface area contributed by atoms with Gasteiger partial charge in [0.25, 0.3) is 0 Å². The molecule has 104 valence electrons. The summed E-state index contributed by atoms with van der Waals surface area (Å²) in [6.45, 7) is 0.284. The van der Waals surface area contributed by atoms with Gasteiger partial charge in [0.05, 0.1) is 13.2 Å². The highest BCUT2D eigenvalue weighted by atomic mass is 16.7. The van der Waals surface area contributed by atoms with E-state index in [1.54, 1.807) is 0 Å². The minimum Gasteiger partial charge on any atom is -0.443 e. The van der Waals surface area contributed by atoms with Crippen molar-refractivity contribution >= 4 is 6.09 Å². The van der Waals surface area contributed by atoms with Gasteiger partial charge in [0.1, 0.15) is 6.61 Å². The van der Waals surface area contributed by atoms with Gasteiger partial charge in [-0.1, -0.05) is 49.6 Å². The zero-order valence-corrected chi connectivity index (χ0v) is 11.4. The Labute approximate surface area is 114 Å². The molecule has 1 aliphatic rings. The molecule has 2 rings (SSSR count). The first kappa shape index (κ1) is 13.9. The second-order valence-electron chi connectivity index (χ2n) is 4.84. The number of hydrogen-bond donors (Lipinski definition) is 0. The normalized spacial score (nSPS) is 16.1. The van der Waals surface area contributed by atoms with Crippen molar-refractivity contribution in [1.82, 2.24) is 5.06 Å². The molecule has 0 radical (unpaired) electrons. The summed E-state index contributed by atoms with van der Waals surface area (Å²) in [6, 6.07) is 9.82. The van der Waals surface area contributed by atoms with Crippen LogP contribution in [0.25, 0.3) is 0 Å². The van der Waals surface area contributed by atoms with Crippen LogP contribution in [0.15, 0.2) is 30.3 Å². The molecule has 0 unspecified atom stereocenters. The summed E-state index contributed by atoms with van der Waals surface area (Å²) in [5.41, 5.74) is 0.982. The number of hydroxylamine groups is 2. The van der Waals surface area contributed by atoms with Crippen molar-refractivity contribution in [3.05, 3.63) is 35.9 Å². The van der Waals surface area contributed by atoms with Gasteiger partial charge in [0.15, 0.2) is 0 Å². The van der Waals surface area contributed by atoms with Gasteiger partial charge in [-0.2, -0.15) is 5.06 Å². The maximum atomic E-state index is 12.0. The summed E-state index contributed by atoms with van der Waals surface area (Å²) < 4.78 is 5.30. The van der Waals surface area contributed by atoms with Crippen LogP contribution in [0.4, 0.5) is 4.79 Å². The zero-order valence-electron chi connectivity index (χ0n) is 11.4. The van der Waals surface area contributed by atoms with Crippen molar-refractivity contribution in [2.24, 2.45) is 0 Å². The number of amides is 1. The summed E-state index contributed by atoms with van der Waals surface area (Å²) in [5.74, 6) is 0. The molecule has 0 atom stereocenters. The lowest BCUT2D eigenvalue weighted by Gasteiger charge is -2.31. The van der Waals surface area contributed by atoms with E-state index in [0.29, 0.717) is 0 Å². The second-order valence-corrected chi connectivity index (χ2v) is 4.84. The van der Waals surface area contributed by atoms with Gasteiger partial charge < -0.3 is 4.74 Å². The number of carbonyl (C=O) groups is 1. The Kier molecular flexibility index (Phi) is 5.21. The number of ether oxygens (including phenoxy) is 1. The average Bonchev–Trinajstić information content (AvgIpc) is 2.48. The van der Waals surface area contributed by atoms with E-state index in [9.17, 15) is 4.79 Å². The fourth-order valence-electron chi connectivity index (χ4n) is 2.47. The van der Waals surface area contributed by atoms with Crippen LogP contribution in [0.2, 0.25) is 0 Å². The lowest BCUT2D eigenvalue weighted by molar-refractivity contribution is -0.144. The molecule has 19 heavy (non-hydrogen) atoms. The molecule has 0 aliphatic heterocycles. The maximum absolute atomic E-state index is 12.0. The largest absolute Gasteiger partial charge is 0.443 e. The smallest absolute Gasteiger partial charge is 0.434 e. The van der Waals surface area contributed by atoms with E-state index >= 15 is 0 Å². The first-order valence-electron chi connectivity index (χ1n) is 6.85. The Morgan fingerprint density at radius 2 is 1.89 bits per heavy atom. The first-order chi connectivity index (χ1) is 9.31. The van der Waals surface area contributed by atoms with Crippen LogP contribution in [-0.2, 0) is 16.2 Å². The Morgan fingerprint density at radius 3 is 2.53 bits per heavy atom. The number of benzene rings is 1. The lowest BCUT2D eigenvalue weighted by Crippen LogP contribution is -2.40. The standard InChI is InChI=1S/C15H21NO3/c1-18-16(14-10-6-3-7-11-14)15(17)19-12-13-8-4-2-5-9-13/h2,4-5,8-9,14H,3,6-7,10-12H2,1H3. The minimum atomic E-state index is -0.391. The molecule has 0 heterocycles. The van der Waals surface area contributed by atoms with Crippen molar-refractivity contribution in [2.45, 2.75) is 44.8 Å². The van der Waals surface area contributed by atoms with Crippen molar-refractivity contribution < 1.29 is 14.4 Å². The minimum absolute atomic E-state index is 0.155. The third kappa shape index (κ3) is 3.96. The Bertz CT molecular complexity index is 388. The molecule has 0 aromatic heterocycles. The average molecular weight is 263 g/mol. The SMILES string of the molecule is CON(C(=O)OCc1ccccc1)C1CCCCC1. The van der Waals surface area contributed by atoms with Gasteiger partial charge in [0.2, 0.25) is 0 Å². The molecular formula is C15H21NO3. The molecule has 0 N–H and O–H groups in total. The Morgan fingerprint density at radius 1 is 1.21 bits per heavy atom. The number of nitrogens with zero attached hydrogens (tertiary/aromatic N) is 1. The predicted octanol–water partition coefficient (Wildman–Crippen LogP) is 3.52. The predicted molar refractivity (Wildman–Crippen MR) is 72.3 cm³/mol. The van der Waals surface area contributed by atoms with Gasteiger partial charge in [-0.3, -0.25) is 4.84 Å². The van der Waals surface area contributed by atoms with Crippen molar-refractivity contribution in [1.29, 1.82) is 0 Å². The van der Waals surface area contributed by atoms with Gasteiger partial charge in [-0.25, -0.2) is 4.79 Å². The molecule has 0 spiro atoms. The van der Waals surface area contributed by atoms with Crippen LogP contribution >= 0.6 is 0 Å². The summed E-state index contributed by atoms with van der Waals surface area (Å²) in [5, 5.41) is 1.39. The second kappa shape index (κ2) is 7.14. The van der Waals surface area contributed by atoms with Gasteiger partial charge in [-0.05, 0) is 18.4 Å². The van der Waals surface area contributed by atoms with E-state index in [1.807, 2.05) is 30.3 Å². The summed E-state index contributed by atoms with van der Waals surface area (Å²) >= 11 is 0. The molecule has 1 aromatic rings. The number of hydrogen-bond acceptors (Lipinski definition) is 3. The summed E-state index contributed by atoms with van der Waals surface area (Å²) in [6.07, 6.45) is 5.14. The fourth-order valence-corrected chi connectivity index (χ4v) is 2.47. The van der Waals surface area contributed by atoms with Crippen molar-refractivity contribution in [2.75, 3.05) is 7.11 Å². The van der Waals surface area contributed by atoms with Crippen molar-refractivity contribution in [3.8, 4) is 0 Å². The van der Waals surface area contributed by atoms with Crippen LogP contribution in [-0.4, -0.2) is 24.3 Å². The van der Waals surface area contributed by atoms with E-state index < -0.39 is 6.09 Å². The highest BCUT2D eigenvalue weighted by molar-refractivity contribution is 5.66. The van der Waals surface area contributed by atoms with Crippen LogP contribution in [0.1, 0.15) is 37.7 Å². The fraction of sp³-hybridized carbons (Fsp3) is 0.533. The summed E-state index contributed by atoms with van der Waals surface area (Å²) in [4.78, 5) is 17.2. The Hall–Kier alpha value is -1.55. The molecule has 4 heteroatoms. The van der Waals surface area contributed by atoms with E-state index in [0.717, 1.165) is 31.2 Å². The zero-order chi connectivity index (χ0) is 13.5. The van der Waals surface area contributed by atoms with Crippen LogP contribution < -0.4 is 0 Å². The number of carbonyl (C=O) groups excluding carboxylic acids is 1. The molecular weight excluding hydrogens is 242 g/mol. The quantitative estimate of drug-likeness (QED) is 0.780. The van der Waals surface area contributed by atoms with E-state index in [2.05, 4.69) is 0 Å². The molecule has 1 aromatic carbocycles. The lowest BCUT2D eigenvalue weighted by atomic mass is 9.95. The topological polar surface area (TPSA) is 38.8 Å². The van der Waals surface area contributed by atoms with E-state index in [-0.39, 0.29) is 12.6 Å². The molecule has 1 saturated carbocycles. The molecule has 4 nitrogen and oxygen atoms in total. The third-order valence-electron chi connectivity index (χ3n) is 3.49. The van der Waals surface area contributed by atoms with Crippen LogP contribution in [0.5, 0.6) is 0 Å². The summed E-state index contributed by atoms with van der Waals surface area (Å²) in [7, 11) is 1.53. The highest BCUT2D eigenvalue weighted by Gasteiger charge is 2.26. The molecule has 1 fully saturated rings. The van der Waals surface area contributed by atoms with E-state index in [4.69, 9.17) is 9.57 Å². The van der Waals surface area contributed by atoms with Crippen LogP contribution in [0, 0.1) is 0 Å². The van der Waals surface area contributed by atoms with Gasteiger partial charge in [-0.15, -0.1) is 0 Å². The highest BCUT2D eigenvalue weighted by Crippen LogP contribution is 2.23. The van der Waals surface area contributed by atoms with E-state index in [1.165, 1.54) is 18.6 Å². The third-order valence-corrected chi connectivity index (χ3v) is 3.49. The first-order valence-corrected chi connectivity index (χ1v) is 6.85. The van der Waals surface area contributed by atoms with Gasteiger partial charge in [0, 0.05) is 0 Å². The van der Waals surface area contributed by atoms with Crippen LogP contribution in [0.3, 0.4) is 0 Å². The molecule has 0 bridgehead atoms. The monoisotopic (exact) mass is 263 g/mol. The molecule has 1 amide bonds.